The Morgan fingerprint density at radius 3 is 2.59 bits per heavy atom. The second-order valence-corrected chi connectivity index (χ2v) is 7.84. The van der Waals surface area contributed by atoms with Crippen LogP contribution >= 0.6 is 23.4 Å². The normalized spacial score (nSPS) is 20.4. The van der Waals surface area contributed by atoms with Crippen molar-refractivity contribution in [2.24, 2.45) is 0 Å². The van der Waals surface area contributed by atoms with Crippen molar-refractivity contribution in [1.29, 1.82) is 0 Å². The number of para-hydroxylation sites is 1. The van der Waals surface area contributed by atoms with E-state index in [1.54, 1.807) is 47.5 Å². The minimum atomic E-state index is -1.26. The van der Waals surface area contributed by atoms with E-state index in [0.717, 1.165) is 5.56 Å². The molecule has 132 valence electrons. The molecule has 5 nitrogen and oxygen atoms in total. The highest BCUT2D eigenvalue weighted by atomic mass is 35.5. The van der Waals surface area contributed by atoms with Gasteiger partial charge in [-0.1, -0.05) is 41.6 Å². The molecule has 0 fully saturated rings. The fourth-order valence-corrected chi connectivity index (χ4v) is 5.01. The Balaban J connectivity index is 1.81. The molecule has 1 N–H and O–H groups in total. The second-order valence-electron chi connectivity index (χ2n) is 6.22. The van der Waals surface area contributed by atoms with Crippen molar-refractivity contribution in [1.82, 2.24) is 4.98 Å². The van der Waals surface area contributed by atoms with E-state index in [-0.39, 0.29) is 11.8 Å². The summed E-state index contributed by atoms with van der Waals surface area (Å²) in [6.45, 7) is 0. The molecular weight excluding hydrogens is 382 g/mol. The topological polar surface area (TPSA) is 62.3 Å². The van der Waals surface area contributed by atoms with Crippen LogP contribution in [0, 0.1) is 0 Å². The third kappa shape index (κ3) is 2.23. The SMILES string of the molecule is O=C1c2cccnc2SC2(C(=O)Nc3ccccc32)N1c1ccc(Cl)cc1. The van der Waals surface area contributed by atoms with E-state index in [1.807, 2.05) is 24.3 Å². The number of carbonyl (C=O) groups excluding carboxylic acids is 2. The van der Waals surface area contributed by atoms with Crippen molar-refractivity contribution < 1.29 is 9.59 Å². The van der Waals surface area contributed by atoms with E-state index in [9.17, 15) is 9.59 Å². The third-order valence-electron chi connectivity index (χ3n) is 4.70. The van der Waals surface area contributed by atoms with Crippen LogP contribution in [0.1, 0.15) is 15.9 Å². The van der Waals surface area contributed by atoms with E-state index in [0.29, 0.717) is 27.0 Å². The number of anilines is 2. The van der Waals surface area contributed by atoms with Gasteiger partial charge in [-0.3, -0.25) is 14.5 Å². The summed E-state index contributed by atoms with van der Waals surface area (Å²) in [4.78, 5) is 31.3. The Morgan fingerprint density at radius 1 is 1.00 bits per heavy atom. The van der Waals surface area contributed by atoms with Crippen molar-refractivity contribution >= 4 is 46.6 Å². The Hall–Kier alpha value is -2.83. The number of nitrogens with zero attached hydrogens (tertiary/aromatic N) is 2. The van der Waals surface area contributed by atoms with Crippen LogP contribution in [-0.2, 0) is 9.67 Å². The number of fused-ring (bicyclic) bond motifs is 3. The van der Waals surface area contributed by atoms with Gasteiger partial charge in [0.25, 0.3) is 11.8 Å². The number of pyridine rings is 1. The lowest BCUT2D eigenvalue weighted by molar-refractivity contribution is -0.118. The van der Waals surface area contributed by atoms with E-state index >= 15 is 0 Å². The molecule has 0 saturated carbocycles. The zero-order valence-corrected chi connectivity index (χ0v) is 15.4. The van der Waals surface area contributed by atoms with Crippen LogP contribution < -0.4 is 10.2 Å². The number of rotatable bonds is 1. The minimum absolute atomic E-state index is 0.270. The molecular formula is C20H12ClN3O2S. The molecule has 0 saturated heterocycles. The maximum Gasteiger partial charge on any atom is 0.266 e. The first-order chi connectivity index (χ1) is 13.1. The van der Waals surface area contributed by atoms with Crippen LogP contribution in [-0.4, -0.2) is 16.8 Å². The van der Waals surface area contributed by atoms with Crippen LogP contribution in [0.4, 0.5) is 11.4 Å². The summed E-state index contributed by atoms with van der Waals surface area (Å²) in [5, 5.41) is 4.01. The highest BCUT2D eigenvalue weighted by Gasteiger charge is 2.58. The van der Waals surface area contributed by atoms with Crippen LogP contribution in [0.15, 0.2) is 71.9 Å². The summed E-state index contributed by atoms with van der Waals surface area (Å²) < 4.78 is 0. The van der Waals surface area contributed by atoms with Gasteiger partial charge in [0.2, 0.25) is 4.87 Å². The fourth-order valence-electron chi connectivity index (χ4n) is 3.51. The number of halogens is 1. The van der Waals surface area contributed by atoms with E-state index in [4.69, 9.17) is 11.6 Å². The molecule has 0 radical (unpaired) electrons. The molecule has 3 aromatic rings. The molecule has 3 heterocycles. The van der Waals surface area contributed by atoms with Gasteiger partial charge >= 0.3 is 0 Å². The maximum atomic E-state index is 13.5. The minimum Gasteiger partial charge on any atom is -0.323 e. The molecule has 0 aliphatic carbocycles. The molecule has 1 atom stereocenters. The Morgan fingerprint density at radius 2 is 1.78 bits per heavy atom. The van der Waals surface area contributed by atoms with Gasteiger partial charge in [0.05, 0.1) is 5.56 Å². The smallest absolute Gasteiger partial charge is 0.266 e. The zero-order valence-electron chi connectivity index (χ0n) is 13.8. The number of hydrogen-bond donors (Lipinski definition) is 1. The highest BCUT2D eigenvalue weighted by Crippen LogP contribution is 2.55. The summed E-state index contributed by atoms with van der Waals surface area (Å²) in [5.74, 6) is -0.542. The summed E-state index contributed by atoms with van der Waals surface area (Å²) >= 11 is 7.31. The van der Waals surface area contributed by atoms with Gasteiger partial charge in [-0.05, 0) is 42.5 Å². The van der Waals surface area contributed by atoms with Gasteiger partial charge in [-0.15, -0.1) is 0 Å². The summed E-state index contributed by atoms with van der Waals surface area (Å²) in [6.07, 6.45) is 1.63. The van der Waals surface area contributed by atoms with Crippen molar-refractivity contribution in [3.63, 3.8) is 0 Å². The maximum absolute atomic E-state index is 13.5. The Bertz CT molecular complexity index is 1100. The fraction of sp³-hybridized carbons (Fsp3) is 0.0500. The lowest BCUT2D eigenvalue weighted by Gasteiger charge is -2.42. The average Bonchev–Trinajstić information content (AvgIpc) is 2.95. The molecule has 2 aliphatic rings. The van der Waals surface area contributed by atoms with Gasteiger partial charge < -0.3 is 5.32 Å². The molecule has 7 heteroatoms. The number of hydrogen-bond acceptors (Lipinski definition) is 4. The lowest BCUT2D eigenvalue weighted by Crippen LogP contribution is -2.54. The van der Waals surface area contributed by atoms with E-state index in [2.05, 4.69) is 10.3 Å². The van der Waals surface area contributed by atoms with Gasteiger partial charge in [-0.25, -0.2) is 4.98 Å². The van der Waals surface area contributed by atoms with Crippen LogP contribution in [0.2, 0.25) is 5.02 Å². The highest BCUT2D eigenvalue weighted by molar-refractivity contribution is 8.01. The monoisotopic (exact) mass is 393 g/mol. The van der Waals surface area contributed by atoms with Crippen molar-refractivity contribution in [3.8, 4) is 0 Å². The largest absolute Gasteiger partial charge is 0.323 e. The third-order valence-corrected chi connectivity index (χ3v) is 6.35. The van der Waals surface area contributed by atoms with E-state index < -0.39 is 4.87 Å². The lowest BCUT2D eigenvalue weighted by atomic mass is 10.0. The van der Waals surface area contributed by atoms with Gasteiger partial charge in [0.15, 0.2) is 0 Å². The number of amides is 2. The van der Waals surface area contributed by atoms with Crippen LogP contribution in [0.25, 0.3) is 0 Å². The standard InChI is InChI=1S/C20H12ClN3O2S/c21-12-7-9-13(10-8-12)24-18(25)14-4-3-11-22-17(14)27-20(24)15-5-1-2-6-16(15)23-19(20)26/h1-11H,(H,23,26). The second kappa shape index (κ2) is 5.84. The first kappa shape index (κ1) is 16.4. The first-order valence-corrected chi connectivity index (χ1v) is 9.46. The molecule has 0 bridgehead atoms. The molecule has 5 rings (SSSR count). The van der Waals surface area contributed by atoms with Crippen LogP contribution in [0.3, 0.4) is 0 Å². The van der Waals surface area contributed by atoms with Crippen molar-refractivity contribution in [3.05, 3.63) is 83.0 Å². The molecule has 27 heavy (non-hydrogen) atoms. The number of nitrogens with one attached hydrogen (secondary N) is 1. The van der Waals surface area contributed by atoms with Gasteiger partial charge in [0.1, 0.15) is 5.03 Å². The Kier molecular flexibility index (Phi) is 3.54. The molecule has 2 amide bonds. The number of carbonyl (C=O) groups is 2. The predicted octanol–water partition coefficient (Wildman–Crippen LogP) is 4.29. The molecule has 1 unspecified atom stereocenters. The van der Waals surface area contributed by atoms with E-state index in [1.165, 1.54) is 11.8 Å². The molecule has 2 aromatic carbocycles. The first-order valence-electron chi connectivity index (χ1n) is 8.26. The van der Waals surface area contributed by atoms with Gasteiger partial charge in [0, 0.05) is 28.2 Å². The molecule has 2 aliphatic heterocycles. The van der Waals surface area contributed by atoms with Gasteiger partial charge in [-0.2, -0.15) is 0 Å². The Labute approximate surface area is 164 Å². The summed E-state index contributed by atoms with van der Waals surface area (Å²) in [5.41, 5.74) is 2.50. The molecule has 1 spiro atoms. The van der Waals surface area contributed by atoms with Crippen LogP contribution in [0.5, 0.6) is 0 Å². The quantitative estimate of drug-likeness (QED) is 0.669. The summed E-state index contributed by atoms with van der Waals surface area (Å²) in [7, 11) is 0. The number of benzene rings is 2. The summed E-state index contributed by atoms with van der Waals surface area (Å²) in [6, 6.07) is 17.8. The predicted molar refractivity (Wildman–Crippen MR) is 105 cm³/mol. The molecule has 1 aromatic heterocycles. The van der Waals surface area contributed by atoms with Crippen molar-refractivity contribution in [2.45, 2.75) is 9.90 Å². The number of aromatic nitrogens is 1. The van der Waals surface area contributed by atoms with Crippen molar-refractivity contribution in [2.75, 3.05) is 10.2 Å². The average molecular weight is 394 g/mol. The zero-order chi connectivity index (χ0) is 18.6. The number of thioether (sulfide) groups is 1.